The Hall–Kier alpha value is -2.36. The summed E-state index contributed by atoms with van der Waals surface area (Å²) in [4.78, 5) is 14.5. The molecule has 0 saturated carbocycles. The summed E-state index contributed by atoms with van der Waals surface area (Å²) in [5.74, 6) is 4.63. The minimum Gasteiger partial charge on any atom is -0.349 e. The van der Waals surface area contributed by atoms with Crippen molar-refractivity contribution in [3.63, 3.8) is 0 Å². The zero-order chi connectivity index (χ0) is 16.6. The van der Waals surface area contributed by atoms with Crippen LogP contribution in [0.5, 0.6) is 0 Å². The maximum atomic E-state index is 12.5. The number of hydrogen-bond donors (Lipinski definition) is 4. The molecule has 5 N–H and O–H groups in total. The molecule has 3 rings (SSSR count). The number of anilines is 1. The van der Waals surface area contributed by atoms with Crippen molar-refractivity contribution in [1.82, 2.24) is 10.4 Å². The maximum Gasteiger partial charge on any atom is 0.281 e. The van der Waals surface area contributed by atoms with Crippen LogP contribution in [0.4, 0.5) is 5.69 Å². The second-order valence-electron chi connectivity index (χ2n) is 4.92. The minimum atomic E-state index is -3.69. The summed E-state index contributed by atoms with van der Waals surface area (Å²) in [7, 11) is -3.69. The Labute approximate surface area is 136 Å². The molecule has 23 heavy (non-hydrogen) atoms. The van der Waals surface area contributed by atoms with Crippen molar-refractivity contribution in [1.29, 1.82) is 0 Å². The summed E-state index contributed by atoms with van der Waals surface area (Å²) >= 11 is 1.15. The van der Waals surface area contributed by atoms with Crippen LogP contribution in [0.1, 0.15) is 16.1 Å². The van der Waals surface area contributed by atoms with Crippen LogP contribution < -0.4 is 16.0 Å². The van der Waals surface area contributed by atoms with Crippen molar-refractivity contribution >= 4 is 43.9 Å². The summed E-state index contributed by atoms with van der Waals surface area (Å²) in [5.41, 5.74) is 3.85. The predicted molar refractivity (Wildman–Crippen MR) is 89.8 cm³/mol. The van der Waals surface area contributed by atoms with Crippen molar-refractivity contribution in [3.05, 3.63) is 47.0 Å². The van der Waals surface area contributed by atoms with E-state index in [2.05, 4.69) is 9.71 Å². The second-order valence-corrected chi connectivity index (χ2v) is 7.72. The quantitative estimate of drug-likeness (QED) is 0.327. The summed E-state index contributed by atoms with van der Waals surface area (Å²) in [6, 6.07) is 8.46. The highest BCUT2D eigenvalue weighted by atomic mass is 32.2. The van der Waals surface area contributed by atoms with E-state index in [0.717, 1.165) is 11.3 Å². The summed E-state index contributed by atoms with van der Waals surface area (Å²) in [5, 5.41) is 2.43. The van der Waals surface area contributed by atoms with Crippen LogP contribution in [-0.2, 0) is 10.0 Å². The van der Waals surface area contributed by atoms with E-state index >= 15 is 0 Å². The van der Waals surface area contributed by atoms with E-state index < -0.39 is 15.9 Å². The number of para-hydroxylation sites is 1. The molecule has 0 aliphatic heterocycles. The molecule has 2 aromatic heterocycles. The lowest BCUT2D eigenvalue weighted by atomic mass is 10.2. The van der Waals surface area contributed by atoms with Crippen LogP contribution in [0.2, 0.25) is 0 Å². The summed E-state index contributed by atoms with van der Waals surface area (Å²) in [6.45, 7) is 1.74. The number of hydrazine groups is 1. The van der Waals surface area contributed by atoms with Crippen molar-refractivity contribution in [3.8, 4) is 0 Å². The first-order chi connectivity index (χ1) is 10.9. The standard InChI is InChI=1S/C14H14N4O3S2/c1-8-5-6-22-14(8)23(20,21)18-10-4-2-3-9-7-11(13(19)17-15)16-12(9)10/h2-7,16,18H,15H2,1H3,(H,17,19). The topological polar surface area (TPSA) is 117 Å². The van der Waals surface area contributed by atoms with E-state index in [1.165, 1.54) is 0 Å². The number of rotatable bonds is 4. The zero-order valence-electron chi connectivity index (χ0n) is 12.1. The minimum absolute atomic E-state index is 0.251. The highest BCUT2D eigenvalue weighted by molar-refractivity contribution is 7.94. The van der Waals surface area contributed by atoms with Gasteiger partial charge in [-0.2, -0.15) is 0 Å². The fourth-order valence-corrected chi connectivity index (χ4v) is 4.76. The van der Waals surface area contributed by atoms with Gasteiger partial charge in [-0.1, -0.05) is 12.1 Å². The van der Waals surface area contributed by atoms with E-state index in [-0.39, 0.29) is 9.90 Å². The fraction of sp³-hybridized carbons (Fsp3) is 0.0714. The van der Waals surface area contributed by atoms with Gasteiger partial charge in [0.2, 0.25) is 0 Å². The van der Waals surface area contributed by atoms with E-state index in [9.17, 15) is 13.2 Å². The van der Waals surface area contributed by atoms with Crippen LogP contribution in [0.25, 0.3) is 10.9 Å². The first-order valence-electron chi connectivity index (χ1n) is 6.62. The molecule has 0 bridgehead atoms. The number of carbonyl (C=O) groups excluding carboxylic acids is 1. The molecule has 0 spiro atoms. The van der Waals surface area contributed by atoms with Crippen LogP contribution >= 0.6 is 11.3 Å². The monoisotopic (exact) mass is 350 g/mol. The Balaban J connectivity index is 2.05. The van der Waals surface area contributed by atoms with Crippen LogP contribution in [0.3, 0.4) is 0 Å². The van der Waals surface area contributed by atoms with Crippen molar-refractivity contribution in [2.75, 3.05) is 4.72 Å². The number of nitrogens with one attached hydrogen (secondary N) is 3. The number of sulfonamides is 1. The van der Waals surface area contributed by atoms with Gasteiger partial charge in [0.1, 0.15) is 9.90 Å². The molecule has 0 aliphatic carbocycles. The molecule has 0 radical (unpaired) electrons. The molecule has 0 aliphatic rings. The predicted octanol–water partition coefficient (Wildman–Crippen LogP) is 1.94. The number of fused-ring (bicyclic) bond motifs is 1. The number of aromatic amines is 1. The van der Waals surface area contributed by atoms with E-state index in [0.29, 0.717) is 22.2 Å². The third-order valence-electron chi connectivity index (χ3n) is 3.34. The second kappa shape index (κ2) is 5.69. The van der Waals surface area contributed by atoms with Gasteiger partial charge in [0.15, 0.2) is 0 Å². The van der Waals surface area contributed by atoms with Gasteiger partial charge in [-0.3, -0.25) is 14.9 Å². The molecule has 2 heterocycles. The molecule has 0 atom stereocenters. The van der Waals surface area contributed by atoms with E-state index in [1.54, 1.807) is 42.6 Å². The fourth-order valence-electron chi connectivity index (χ4n) is 2.27. The van der Waals surface area contributed by atoms with Gasteiger partial charge in [-0.05, 0) is 36.1 Å². The number of thiophene rings is 1. The smallest absolute Gasteiger partial charge is 0.281 e. The Morgan fingerprint density at radius 1 is 1.30 bits per heavy atom. The van der Waals surface area contributed by atoms with Gasteiger partial charge in [0, 0.05) is 5.39 Å². The molecular weight excluding hydrogens is 336 g/mol. The largest absolute Gasteiger partial charge is 0.349 e. The maximum absolute atomic E-state index is 12.5. The number of amides is 1. The van der Waals surface area contributed by atoms with Gasteiger partial charge in [-0.25, -0.2) is 14.3 Å². The number of nitrogens with two attached hydrogens (primary N) is 1. The van der Waals surface area contributed by atoms with Crippen LogP contribution in [0, 0.1) is 6.92 Å². The van der Waals surface area contributed by atoms with Crippen molar-refractivity contribution < 1.29 is 13.2 Å². The van der Waals surface area contributed by atoms with Crippen LogP contribution in [0.15, 0.2) is 39.9 Å². The molecule has 1 aromatic carbocycles. The molecule has 3 aromatic rings. The number of hydrogen-bond acceptors (Lipinski definition) is 5. The first kappa shape index (κ1) is 15.5. The lowest BCUT2D eigenvalue weighted by molar-refractivity contribution is 0.0949. The number of aryl methyl sites for hydroxylation is 1. The average molecular weight is 350 g/mol. The Bertz CT molecular complexity index is 989. The van der Waals surface area contributed by atoms with Crippen LogP contribution in [-0.4, -0.2) is 19.3 Å². The van der Waals surface area contributed by atoms with E-state index in [4.69, 9.17) is 5.84 Å². The normalized spacial score (nSPS) is 11.6. The van der Waals surface area contributed by atoms with Gasteiger partial charge < -0.3 is 4.98 Å². The van der Waals surface area contributed by atoms with Gasteiger partial charge in [0.05, 0.1) is 11.2 Å². The number of carbonyl (C=O) groups is 1. The zero-order valence-corrected chi connectivity index (χ0v) is 13.7. The van der Waals surface area contributed by atoms with Crippen molar-refractivity contribution in [2.24, 2.45) is 5.84 Å². The number of nitrogen functional groups attached to an aromatic ring is 1. The Morgan fingerprint density at radius 3 is 2.74 bits per heavy atom. The molecule has 0 unspecified atom stereocenters. The average Bonchev–Trinajstić information content (AvgIpc) is 3.13. The van der Waals surface area contributed by atoms with Gasteiger partial charge in [0.25, 0.3) is 15.9 Å². The summed E-state index contributed by atoms with van der Waals surface area (Å²) in [6.07, 6.45) is 0. The molecule has 9 heteroatoms. The molecule has 0 saturated heterocycles. The first-order valence-corrected chi connectivity index (χ1v) is 8.98. The molecule has 7 nitrogen and oxygen atoms in total. The molecule has 0 fully saturated rings. The highest BCUT2D eigenvalue weighted by Gasteiger charge is 2.20. The molecule has 120 valence electrons. The Morgan fingerprint density at radius 2 is 2.09 bits per heavy atom. The number of benzene rings is 1. The highest BCUT2D eigenvalue weighted by Crippen LogP contribution is 2.28. The molecule has 1 amide bonds. The van der Waals surface area contributed by atoms with Crippen molar-refractivity contribution in [2.45, 2.75) is 11.1 Å². The Kier molecular flexibility index (Phi) is 3.84. The third-order valence-corrected chi connectivity index (χ3v) is 6.39. The van der Waals surface area contributed by atoms with E-state index in [1.807, 2.05) is 5.43 Å². The van der Waals surface area contributed by atoms with Gasteiger partial charge in [-0.15, -0.1) is 11.3 Å². The lowest BCUT2D eigenvalue weighted by Gasteiger charge is -2.08. The lowest BCUT2D eigenvalue weighted by Crippen LogP contribution is -2.30. The number of H-pyrrole nitrogens is 1. The SMILES string of the molecule is Cc1ccsc1S(=O)(=O)Nc1cccc2cc(C(=O)NN)[nH]c12. The number of aromatic nitrogens is 1. The molecular formula is C14H14N4O3S2. The van der Waals surface area contributed by atoms with Gasteiger partial charge >= 0.3 is 0 Å². The summed E-state index contributed by atoms with van der Waals surface area (Å²) < 4.78 is 27.8. The third kappa shape index (κ3) is 2.81.